The molecule has 1 fully saturated rings. The summed E-state index contributed by atoms with van der Waals surface area (Å²) >= 11 is 1.42. The van der Waals surface area contributed by atoms with E-state index in [4.69, 9.17) is 14.7 Å². The number of rotatable bonds is 4. The van der Waals surface area contributed by atoms with Gasteiger partial charge in [-0.15, -0.1) is 11.3 Å². The van der Waals surface area contributed by atoms with E-state index < -0.39 is 0 Å². The van der Waals surface area contributed by atoms with Gasteiger partial charge >= 0.3 is 0 Å². The lowest BCUT2D eigenvalue weighted by Crippen LogP contribution is -2.18. The molecule has 1 N–H and O–H groups in total. The molecule has 29 heavy (non-hydrogen) atoms. The Bertz CT molecular complexity index is 1060. The fourth-order valence-electron chi connectivity index (χ4n) is 3.62. The van der Waals surface area contributed by atoms with Crippen LogP contribution in [0.4, 0.5) is 5.82 Å². The van der Waals surface area contributed by atoms with E-state index in [9.17, 15) is 4.79 Å². The SMILES string of the molecule is Cc1nc(C(C)(C)C)nc2sc(C(=O)Nc3ccnn3C[C@@H]3CCOC3)c(C)c12. The summed E-state index contributed by atoms with van der Waals surface area (Å²) in [6.45, 7) is 12.5. The first-order valence-corrected chi connectivity index (χ1v) is 10.7. The smallest absolute Gasteiger partial charge is 0.267 e. The van der Waals surface area contributed by atoms with Gasteiger partial charge in [0.25, 0.3) is 5.91 Å². The Kier molecular flexibility index (Phi) is 5.16. The molecule has 0 unspecified atom stereocenters. The van der Waals surface area contributed by atoms with Gasteiger partial charge in [-0.2, -0.15) is 5.10 Å². The lowest BCUT2D eigenvalue weighted by atomic mass is 9.95. The van der Waals surface area contributed by atoms with Crippen molar-refractivity contribution in [2.24, 2.45) is 5.92 Å². The van der Waals surface area contributed by atoms with Crippen LogP contribution in [0.15, 0.2) is 12.3 Å². The first-order chi connectivity index (χ1) is 13.7. The highest BCUT2D eigenvalue weighted by Gasteiger charge is 2.24. The topological polar surface area (TPSA) is 81.9 Å². The van der Waals surface area contributed by atoms with Crippen LogP contribution in [0.3, 0.4) is 0 Å². The van der Waals surface area contributed by atoms with Crippen LogP contribution in [0, 0.1) is 19.8 Å². The van der Waals surface area contributed by atoms with Gasteiger partial charge in [-0.3, -0.25) is 4.79 Å². The lowest BCUT2D eigenvalue weighted by molar-refractivity contribution is 0.102. The predicted octanol–water partition coefficient (Wildman–Crippen LogP) is 4.09. The molecule has 0 radical (unpaired) electrons. The van der Waals surface area contributed by atoms with Crippen molar-refractivity contribution in [2.75, 3.05) is 18.5 Å². The van der Waals surface area contributed by atoms with Crippen molar-refractivity contribution in [1.29, 1.82) is 0 Å². The number of aryl methyl sites for hydroxylation is 2. The van der Waals surface area contributed by atoms with Crippen molar-refractivity contribution in [1.82, 2.24) is 19.7 Å². The Hall–Kier alpha value is -2.32. The number of fused-ring (bicyclic) bond motifs is 1. The number of hydrogen-bond donors (Lipinski definition) is 1. The highest BCUT2D eigenvalue weighted by atomic mass is 32.1. The van der Waals surface area contributed by atoms with Gasteiger partial charge in [-0.1, -0.05) is 20.8 Å². The van der Waals surface area contributed by atoms with E-state index in [1.54, 1.807) is 6.20 Å². The van der Waals surface area contributed by atoms with E-state index in [-0.39, 0.29) is 11.3 Å². The summed E-state index contributed by atoms with van der Waals surface area (Å²) in [4.78, 5) is 24.0. The quantitative estimate of drug-likeness (QED) is 0.697. The Morgan fingerprint density at radius 1 is 1.34 bits per heavy atom. The minimum absolute atomic E-state index is 0.133. The molecule has 7 nitrogen and oxygen atoms in total. The second-order valence-electron chi connectivity index (χ2n) is 8.70. The molecular weight excluding hydrogens is 386 g/mol. The second-order valence-corrected chi connectivity index (χ2v) is 9.70. The monoisotopic (exact) mass is 413 g/mol. The molecule has 3 aromatic rings. The number of hydrogen-bond acceptors (Lipinski definition) is 6. The molecule has 0 aromatic carbocycles. The van der Waals surface area contributed by atoms with Gasteiger partial charge in [0.05, 0.1) is 23.4 Å². The molecule has 1 amide bonds. The van der Waals surface area contributed by atoms with Crippen molar-refractivity contribution < 1.29 is 9.53 Å². The van der Waals surface area contributed by atoms with Gasteiger partial charge in [-0.25, -0.2) is 14.6 Å². The number of nitrogens with one attached hydrogen (secondary N) is 1. The molecular formula is C21H27N5O2S. The van der Waals surface area contributed by atoms with E-state index in [1.165, 1.54) is 11.3 Å². The molecule has 8 heteroatoms. The normalized spacial score (nSPS) is 17.2. The van der Waals surface area contributed by atoms with Gasteiger partial charge in [0, 0.05) is 35.9 Å². The van der Waals surface area contributed by atoms with Gasteiger partial charge in [0.2, 0.25) is 0 Å². The maximum absolute atomic E-state index is 13.1. The van der Waals surface area contributed by atoms with Crippen LogP contribution in [0.2, 0.25) is 0 Å². The number of anilines is 1. The molecule has 0 aliphatic carbocycles. The largest absolute Gasteiger partial charge is 0.381 e. The van der Waals surface area contributed by atoms with Gasteiger partial charge < -0.3 is 10.1 Å². The van der Waals surface area contributed by atoms with E-state index in [1.807, 2.05) is 24.6 Å². The zero-order valence-electron chi connectivity index (χ0n) is 17.6. The number of thiophene rings is 1. The zero-order valence-corrected chi connectivity index (χ0v) is 18.4. The highest BCUT2D eigenvalue weighted by molar-refractivity contribution is 7.20. The number of ether oxygens (including phenoxy) is 1. The van der Waals surface area contributed by atoms with Crippen molar-refractivity contribution in [2.45, 2.75) is 53.0 Å². The van der Waals surface area contributed by atoms with Crippen LogP contribution in [0.5, 0.6) is 0 Å². The number of carbonyl (C=O) groups excluding carboxylic acids is 1. The molecule has 1 aliphatic heterocycles. The van der Waals surface area contributed by atoms with Crippen LogP contribution in [0.25, 0.3) is 10.2 Å². The summed E-state index contributed by atoms with van der Waals surface area (Å²) in [5.74, 6) is 1.81. The van der Waals surface area contributed by atoms with Crippen LogP contribution in [-0.4, -0.2) is 38.9 Å². The van der Waals surface area contributed by atoms with Crippen LogP contribution in [-0.2, 0) is 16.7 Å². The first kappa shape index (κ1) is 20.0. The summed E-state index contributed by atoms with van der Waals surface area (Å²) in [6, 6.07) is 1.83. The standard InChI is InChI=1S/C21H27N5O2S/c1-12-16-13(2)23-20(21(3,4)5)25-19(16)29-17(12)18(27)24-15-6-8-22-26(15)10-14-7-9-28-11-14/h6,8,14H,7,9-11H2,1-5H3,(H,24,27)/t14-/m0/s1. The van der Waals surface area contributed by atoms with Gasteiger partial charge in [0.15, 0.2) is 0 Å². The van der Waals surface area contributed by atoms with E-state index in [0.717, 1.165) is 53.5 Å². The van der Waals surface area contributed by atoms with E-state index in [0.29, 0.717) is 16.6 Å². The number of amides is 1. The van der Waals surface area contributed by atoms with Crippen molar-refractivity contribution in [3.8, 4) is 0 Å². The van der Waals surface area contributed by atoms with Crippen LogP contribution < -0.4 is 5.32 Å². The number of carbonyl (C=O) groups is 1. The van der Waals surface area contributed by atoms with Gasteiger partial charge in [-0.05, 0) is 25.8 Å². The lowest BCUT2D eigenvalue weighted by Gasteiger charge is -2.16. The van der Waals surface area contributed by atoms with Crippen molar-refractivity contribution in [3.63, 3.8) is 0 Å². The molecule has 154 valence electrons. The molecule has 1 saturated heterocycles. The molecule has 3 aromatic heterocycles. The Labute approximate surface area is 174 Å². The molecule has 0 saturated carbocycles. The Balaban J connectivity index is 1.62. The first-order valence-electron chi connectivity index (χ1n) is 9.93. The maximum atomic E-state index is 13.1. The summed E-state index contributed by atoms with van der Waals surface area (Å²) in [5, 5.41) is 8.38. The molecule has 0 spiro atoms. The Morgan fingerprint density at radius 3 is 2.83 bits per heavy atom. The number of aromatic nitrogens is 4. The minimum atomic E-state index is -0.143. The average molecular weight is 414 g/mol. The maximum Gasteiger partial charge on any atom is 0.267 e. The molecule has 0 bridgehead atoms. The summed E-state index contributed by atoms with van der Waals surface area (Å²) in [5.41, 5.74) is 1.70. The van der Waals surface area contributed by atoms with E-state index in [2.05, 4.69) is 31.2 Å². The number of nitrogens with zero attached hydrogens (tertiary/aromatic N) is 4. The minimum Gasteiger partial charge on any atom is -0.381 e. The molecule has 1 atom stereocenters. The summed E-state index contributed by atoms with van der Waals surface area (Å²) < 4.78 is 7.30. The van der Waals surface area contributed by atoms with Crippen LogP contribution in [0.1, 0.15) is 53.9 Å². The average Bonchev–Trinajstić information content (AvgIpc) is 3.36. The van der Waals surface area contributed by atoms with E-state index >= 15 is 0 Å². The fraction of sp³-hybridized carbons (Fsp3) is 0.524. The summed E-state index contributed by atoms with van der Waals surface area (Å²) in [6.07, 6.45) is 2.74. The third kappa shape index (κ3) is 3.91. The van der Waals surface area contributed by atoms with Gasteiger partial charge in [0.1, 0.15) is 16.5 Å². The third-order valence-corrected chi connectivity index (χ3v) is 6.45. The fourth-order valence-corrected chi connectivity index (χ4v) is 4.75. The zero-order chi connectivity index (χ0) is 20.8. The Morgan fingerprint density at radius 2 is 2.14 bits per heavy atom. The second kappa shape index (κ2) is 7.50. The third-order valence-electron chi connectivity index (χ3n) is 5.26. The summed E-state index contributed by atoms with van der Waals surface area (Å²) in [7, 11) is 0. The van der Waals surface area contributed by atoms with Crippen LogP contribution >= 0.6 is 11.3 Å². The van der Waals surface area contributed by atoms with Crippen molar-refractivity contribution in [3.05, 3.63) is 34.2 Å². The molecule has 1 aliphatic rings. The van der Waals surface area contributed by atoms with Crippen molar-refractivity contribution >= 4 is 33.3 Å². The molecule has 4 heterocycles. The molecule has 4 rings (SSSR count). The predicted molar refractivity (Wildman–Crippen MR) is 115 cm³/mol. The highest BCUT2D eigenvalue weighted by Crippen LogP contribution is 2.33.